The molecule has 0 aromatic heterocycles. The number of hydroxylamine groups is 1. The van der Waals surface area contributed by atoms with Crippen LogP contribution in [0.4, 0.5) is 4.79 Å². The van der Waals surface area contributed by atoms with Crippen LogP contribution in [0.15, 0.2) is 48.5 Å². The molecule has 0 heterocycles. The molecule has 5 rings (SSSR count). The summed E-state index contributed by atoms with van der Waals surface area (Å²) in [6.45, 7) is 7.73. The maximum absolute atomic E-state index is 13.0. The van der Waals surface area contributed by atoms with E-state index in [0.717, 1.165) is 47.9 Å². The van der Waals surface area contributed by atoms with Crippen molar-refractivity contribution in [1.29, 1.82) is 0 Å². The minimum absolute atomic E-state index is 0.0808. The molecule has 0 radical (unpaired) electrons. The number of hydrogen-bond donors (Lipinski definition) is 6. The second-order valence-electron chi connectivity index (χ2n) is 15.5. The molecule has 330 valence electrons. The lowest BCUT2D eigenvalue weighted by atomic mass is 9.86. The van der Waals surface area contributed by atoms with Crippen LogP contribution in [0.3, 0.4) is 0 Å². The Bertz CT molecular complexity index is 1870. The zero-order valence-electron chi connectivity index (χ0n) is 35.8. The van der Waals surface area contributed by atoms with Gasteiger partial charge in [0.25, 0.3) is 5.91 Å². The summed E-state index contributed by atoms with van der Waals surface area (Å²) in [6.07, 6.45) is 5.33. The van der Waals surface area contributed by atoms with Crippen LogP contribution in [-0.2, 0) is 38.1 Å². The largest absolute Gasteiger partial charge is 0.467 e. The van der Waals surface area contributed by atoms with Crippen LogP contribution in [0.5, 0.6) is 0 Å². The fraction of sp³-hybridized carbons (Fsp3) is 0.543. The highest BCUT2D eigenvalue weighted by molar-refractivity contribution is 5.89. The average molecular weight is 844 g/mol. The first kappa shape index (κ1) is 48.2. The number of esters is 1. The van der Waals surface area contributed by atoms with E-state index in [1.165, 1.54) is 12.6 Å². The molecule has 2 saturated carbocycles. The van der Waals surface area contributed by atoms with Crippen molar-refractivity contribution in [2.75, 3.05) is 26.9 Å². The fourth-order valence-electron chi connectivity index (χ4n) is 7.92. The lowest BCUT2D eigenvalue weighted by Crippen LogP contribution is -2.56. The van der Waals surface area contributed by atoms with E-state index >= 15 is 0 Å². The molecule has 7 N–H and O–H groups in total. The van der Waals surface area contributed by atoms with Crippen molar-refractivity contribution in [1.82, 2.24) is 21.4 Å². The Morgan fingerprint density at radius 3 is 1.61 bits per heavy atom. The Morgan fingerprint density at radius 2 is 1.18 bits per heavy atom. The number of rotatable bonds is 15. The summed E-state index contributed by atoms with van der Waals surface area (Å²) in [7, 11) is 1.25. The smallest absolute Gasteiger partial charge is 0.407 e. The number of carbonyl (C=O) groups excluding carboxylic acids is 5. The topological polar surface area (TPSA) is 217 Å². The Morgan fingerprint density at radius 1 is 0.721 bits per heavy atom. The highest BCUT2D eigenvalue weighted by Gasteiger charge is 2.35. The van der Waals surface area contributed by atoms with Gasteiger partial charge in [-0.15, -0.1) is 11.8 Å². The zero-order valence-corrected chi connectivity index (χ0v) is 35.8. The Kier molecular flexibility index (Phi) is 19.5. The van der Waals surface area contributed by atoms with Gasteiger partial charge >= 0.3 is 12.1 Å². The molecule has 0 saturated heterocycles. The number of nitrogens with one attached hydrogen (secondary N) is 4. The quantitative estimate of drug-likeness (QED) is 0.0650. The van der Waals surface area contributed by atoms with Crippen LogP contribution in [-0.4, -0.2) is 98.3 Å². The molecule has 4 amide bonds. The van der Waals surface area contributed by atoms with Gasteiger partial charge in [-0.2, -0.15) is 0 Å². The molecule has 0 bridgehead atoms. The maximum atomic E-state index is 13.0. The number of amides is 4. The molecule has 15 heteroatoms. The third-order valence-electron chi connectivity index (χ3n) is 11.4. The number of hydrogen-bond acceptors (Lipinski definition) is 11. The Balaban J connectivity index is 0.000000317. The van der Waals surface area contributed by atoms with Crippen molar-refractivity contribution >= 4 is 29.8 Å². The van der Waals surface area contributed by atoms with E-state index in [1.54, 1.807) is 27.7 Å². The van der Waals surface area contributed by atoms with E-state index in [4.69, 9.17) is 29.9 Å². The molecule has 2 aromatic carbocycles. The summed E-state index contributed by atoms with van der Waals surface area (Å²) < 4.78 is 21.9. The monoisotopic (exact) mass is 843 g/mol. The van der Waals surface area contributed by atoms with Crippen molar-refractivity contribution in [3.63, 3.8) is 0 Å². The summed E-state index contributed by atoms with van der Waals surface area (Å²) in [4.78, 5) is 62.0. The summed E-state index contributed by atoms with van der Waals surface area (Å²) in [5.74, 6) is 9.04. The van der Waals surface area contributed by atoms with Crippen LogP contribution in [0.1, 0.15) is 96.1 Å². The Labute approximate surface area is 358 Å². The van der Waals surface area contributed by atoms with Gasteiger partial charge in [0.15, 0.2) is 0 Å². The van der Waals surface area contributed by atoms with Crippen LogP contribution in [0, 0.1) is 35.5 Å². The molecule has 61 heavy (non-hydrogen) atoms. The molecular weight excluding hydrogens is 783 g/mol. The van der Waals surface area contributed by atoms with E-state index in [1.807, 2.05) is 36.4 Å². The van der Waals surface area contributed by atoms with Gasteiger partial charge in [-0.05, 0) is 101 Å². The van der Waals surface area contributed by atoms with E-state index < -0.39 is 42.1 Å². The van der Waals surface area contributed by atoms with Crippen LogP contribution < -0.4 is 27.2 Å². The highest BCUT2D eigenvalue weighted by Crippen LogP contribution is 2.44. The first-order valence-electron chi connectivity index (χ1n) is 20.9. The predicted octanol–water partition coefficient (Wildman–Crippen LogP) is 4.09. The Hall–Kier alpha value is -5.45. The van der Waals surface area contributed by atoms with E-state index in [9.17, 15) is 24.0 Å². The fourth-order valence-corrected chi connectivity index (χ4v) is 7.92. The van der Waals surface area contributed by atoms with Gasteiger partial charge < -0.3 is 40.6 Å². The number of ether oxygens (including phenoxy) is 4. The van der Waals surface area contributed by atoms with Gasteiger partial charge in [0, 0.05) is 23.8 Å². The summed E-state index contributed by atoms with van der Waals surface area (Å²) >= 11 is 0. The zero-order chi connectivity index (χ0) is 44.3. The molecule has 15 nitrogen and oxygen atoms in total. The van der Waals surface area contributed by atoms with Gasteiger partial charge in [-0.1, -0.05) is 60.4 Å². The van der Waals surface area contributed by atoms with Gasteiger partial charge in [-0.25, -0.2) is 15.1 Å². The normalized spacial score (nSPS) is 20.9. The minimum Gasteiger partial charge on any atom is -0.467 e. The van der Waals surface area contributed by atoms with Crippen molar-refractivity contribution in [3.8, 4) is 34.8 Å². The number of benzene rings is 2. The van der Waals surface area contributed by atoms with Crippen LogP contribution >= 0.6 is 0 Å². The van der Waals surface area contributed by atoms with Gasteiger partial charge in [-0.3, -0.25) is 19.6 Å². The van der Waals surface area contributed by atoms with Crippen molar-refractivity contribution in [2.45, 2.75) is 121 Å². The van der Waals surface area contributed by atoms with Crippen LogP contribution in [0.25, 0.3) is 11.1 Å². The van der Waals surface area contributed by atoms with E-state index in [0.29, 0.717) is 38.9 Å². The predicted molar refractivity (Wildman–Crippen MR) is 227 cm³/mol. The molecule has 3 aliphatic carbocycles. The van der Waals surface area contributed by atoms with Gasteiger partial charge in [0.05, 0.1) is 25.4 Å². The molecular formula is C46H61N5O10. The maximum Gasteiger partial charge on any atom is 0.407 e. The minimum atomic E-state index is -1.04. The standard InChI is InChI=1S/C31H36N2O6.C15H25N3O4/c1-4-5-18-38-22-16-14-21(15-17-22)29(34)33-28(30(35)37-3)20(2)32-31(36)39-19-27-25-12-8-6-10-23(25)24-11-7-9-13-26(24)27;1-3-4-9-22-12-7-5-11(6-8-12)14(19)17-13(10(2)16)15(20)18-21/h6-13,20-22,27-28H,14-19H2,1-3H3,(H,32,36)(H,33,34);10-13,21H,5-9,16H2,1-2H3,(H,17,19)(H,18,20)/t20-,21?,22?,28+;10-,11?,12?,13+/m11/s1. The summed E-state index contributed by atoms with van der Waals surface area (Å²) in [5, 5.41) is 16.8. The number of carbonyl (C=O) groups is 5. The van der Waals surface area contributed by atoms with E-state index in [-0.39, 0.29) is 48.4 Å². The number of alkyl carbamates (subject to hydrolysis) is 1. The lowest BCUT2D eigenvalue weighted by molar-refractivity contribution is -0.146. The summed E-state index contributed by atoms with van der Waals surface area (Å²) in [6, 6.07) is 12.9. The molecule has 3 aliphatic rings. The molecule has 2 fully saturated rings. The highest BCUT2D eigenvalue weighted by atomic mass is 16.5. The molecule has 0 spiro atoms. The second kappa shape index (κ2) is 24.7. The molecule has 0 unspecified atom stereocenters. The number of methoxy groups -OCH3 is 1. The second-order valence-corrected chi connectivity index (χ2v) is 15.5. The van der Waals surface area contributed by atoms with Crippen molar-refractivity contribution < 1.29 is 48.1 Å². The first-order valence-corrected chi connectivity index (χ1v) is 20.9. The number of fused-ring (bicyclic) bond motifs is 3. The van der Waals surface area contributed by atoms with Crippen LogP contribution in [0.2, 0.25) is 0 Å². The van der Waals surface area contributed by atoms with Crippen molar-refractivity contribution in [2.24, 2.45) is 17.6 Å². The number of nitrogens with two attached hydrogens (primary N) is 1. The molecule has 2 aromatic rings. The lowest BCUT2D eigenvalue weighted by Gasteiger charge is -2.30. The average Bonchev–Trinajstić information content (AvgIpc) is 3.60. The third kappa shape index (κ3) is 14.0. The van der Waals surface area contributed by atoms with Gasteiger partial charge in [0.1, 0.15) is 31.9 Å². The first-order chi connectivity index (χ1) is 29.4. The van der Waals surface area contributed by atoms with Crippen molar-refractivity contribution in [3.05, 3.63) is 59.7 Å². The molecule has 0 aliphatic heterocycles. The SMILES string of the molecule is CC#CCOC1CCC(C(=O)N[C@H](C(=O)NO)[C@@H](C)N)CC1.CC#CCOC1CCC(C(=O)N[C@H](C(=O)OC)[C@@H](C)NC(=O)OCC2c3ccccc3-c3ccccc32)CC1. The van der Waals surface area contributed by atoms with E-state index in [2.05, 4.69) is 51.8 Å². The third-order valence-corrected chi connectivity index (χ3v) is 11.4. The summed E-state index contributed by atoms with van der Waals surface area (Å²) in [5.41, 5.74) is 11.7. The molecule has 4 atom stereocenters. The van der Waals surface area contributed by atoms with Gasteiger partial charge in [0.2, 0.25) is 11.8 Å².